The minimum Gasteiger partial charge on any atom is -0.366 e. The Morgan fingerprint density at radius 2 is 1.97 bits per heavy atom. The summed E-state index contributed by atoms with van der Waals surface area (Å²) in [6, 6.07) is 5.38. The lowest BCUT2D eigenvalue weighted by Gasteiger charge is -2.29. The van der Waals surface area contributed by atoms with Gasteiger partial charge in [0.2, 0.25) is 11.8 Å². The summed E-state index contributed by atoms with van der Waals surface area (Å²) in [5.41, 5.74) is 11.3. The number of ketones is 1. The fourth-order valence-electron chi connectivity index (χ4n) is 4.28. The summed E-state index contributed by atoms with van der Waals surface area (Å²) in [6.45, 7) is 6.00. The Bertz CT molecular complexity index is 1020. The van der Waals surface area contributed by atoms with E-state index in [0.29, 0.717) is 30.4 Å². The number of aromatic nitrogens is 2. The van der Waals surface area contributed by atoms with Crippen LogP contribution in [-0.4, -0.2) is 32.6 Å². The van der Waals surface area contributed by atoms with E-state index in [4.69, 9.17) is 16.0 Å². The van der Waals surface area contributed by atoms with E-state index in [1.54, 1.807) is 11.5 Å². The van der Waals surface area contributed by atoms with Crippen molar-refractivity contribution in [3.63, 3.8) is 0 Å². The second-order valence-corrected chi connectivity index (χ2v) is 9.08. The molecule has 1 aromatic carbocycles. The van der Waals surface area contributed by atoms with Gasteiger partial charge in [-0.15, -0.1) is 0 Å². The Morgan fingerprint density at radius 1 is 1.23 bits per heavy atom. The van der Waals surface area contributed by atoms with Crippen molar-refractivity contribution < 1.29 is 19.6 Å². The highest BCUT2D eigenvalue weighted by atomic mass is 16.5. The first-order chi connectivity index (χ1) is 14.6. The Kier molecular flexibility index (Phi) is 6.59. The van der Waals surface area contributed by atoms with Gasteiger partial charge < -0.3 is 5.73 Å². The Labute approximate surface area is 181 Å². The number of hydroxylamine groups is 1. The molecule has 3 rings (SSSR count). The van der Waals surface area contributed by atoms with Crippen molar-refractivity contribution in [1.29, 1.82) is 0 Å². The van der Waals surface area contributed by atoms with Crippen LogP contribution in [0.5, 0.6) is 0 Å². The Morgan fingerprint density at radius 3 is 2.61 bits per heavy atom. The molecule has 1 aliphatic rings. The van der Waals surface area contributed by atoms with Crippen molar-refractivity contribution in [3.05, 3.63) is 46.3 Å². The number of primary amides is 1. The first-order valence-electron chi connectivity index (χ1n) is 10.6. The lowest BCUT2D eigenvalue weighted by atomic mass is 9.75. The van der Waals surface area contributed by atoms with Crippen LogP contribution in [-0.2, 0) is 17.6 Å². The quantitative estimate of drug-likeness (QED) is 0.340. The summed E-state index contributed by atoms with van der Waals surface area (Å²) in [4.78, 5) is 35.7. The van der Waals surface area contributed by atoms with Crippen LogP contribution in [0.1, 0.15) is 83.6 Å². The SMILES string of the molecule is Cc1cc(-n2nc(CCCCCC(=O)NO)c3c2CC(C)(C)CC3=O)ccc1C(N)=O. The van der Waals surface area contributed by atoms with Gasteiger partial charge in [0.25, 0.3) is 0 Å². The fraction of sp³-hybridized carbons (Fsp3) is 0.478. The lowest BCUT2D eigenvalue weighted by Crippen LogP contribution is -2.28. The molecule has 2 amide bonds. The van der Waals surface area contributed by atoms with Crippen LogP contribution >= 0.6 is 0 Å². The molecule has 2 aromatic rings. The number of nitrogens with one attached hydrogen (secondary N) is 1. The maximum atomic E-state index is 13.0. The van der Waals surface area contributed by atoms with Gasteiger partial charge in [-0.1, -0.05) is 20.3 Å². The molecule has 0 spiro atoms. The van der Waals surface area contributed by atoms with Crippen molar-refractivity contribution in [2.75, 3.05) is 0 Å². The smallest absolute Gasteiger partial charge is 0.248 e. The number of nitrogens with zero attached hydrogens (tertiary/aromatic N) is 2. The van der Waals surface area contributed by atoms with Crippen molar-refractivity contribution in [2.24, 2.45) is 11.1 Å². The third kappa shape index (κ3) is 5.02. The molecule has 166 valence electrons. The van der Waals surface area contributed by atoms with E-state index in [-0.39, 0.29) is 17.6 Å². The molecular weight excluding hydrogens is 396 g/mol. The van der Waals surface area contributed by atoms with Gasteiger partial charge in [-0.25, -0.2) is 10.2 Å². The van der Waals surface area contributed by atoms with Gasteiger partial charge in [0.05, 0.1) is 22.6 Å². The number of nitrogens with two attached hydrogens (primary N) is 1. The molecule has 0 aliphatic heterocycles. The third-order valence-corrected chi connectivity index (χ3v) is 5.78. The maximum absolute atomic E-state index is 13.0. The van der Waals surface area contributed by atoms with E-state index in [1.807, 2.05) is 23.7 Å². The molecule has 8 nitrogen and oxygen atoms in total. The number of fused-ring (bicyclic) bond motifs is 1. The first-order valence-corrected chi connectivity index (χ1v) is 10.6. The fourth-order valence-corrected chi connectivity index (χ4v) is 4.28. The van der Waals surface area contributed by atoms with Gasteiger partial charge in [-0.05, 0) is 61.8 Å². The maximum Gasteiger partial charge on any atom is 0.248 e. The predicted octanol–water partition coefficient (Wildman–Crippen LogP) is 3.04. The second-order valence-electron chi connectivity index (χ2n) is 9.08. The standard InChI is InChI=1S/C23H30N4O4/c1-14-11-15(9-10-16(14)22(24)30)27-18-12-23(2,3)13-19(28)21(18)17(25-27)7-5-4-6-8-20(29)26-31/h9-11,31H,4-8,12-13H2,1-3H3,(H2,24,30)(H,26,29). The molecule has 0 bridgehead atoms. The summed E-state index contributed by atoms with van der Waals surface area (Å²) >= 11 is 0. The summed E-state index contributed by atoms with van der Waals surface area (Å²) < 4.78 is 1.83. The topological polar surface area (TPSA) is 127 Å². The second kappa shape index (κ2) is 9.01. The highest BCUT2D eigenvalue weighted by Crippen LogP contribution is 2.37. The zero-order chi connectivity index (χ0) is 22.8. The predicted molar refractivity (Wildman–Crippen MR) is 115 cm³/mol. The van der Waals surface area contributed by atoms with Crippen LogP contribution in [0.25, 0.3) is 5.69 Å². The van der Waals surface area contributed by atoms with Crippen molar-refractivity contribution in [3.8, 4) is 5.69 Å². The average Bonchev–Trinajstić information content (AvgIpc) is 3.04. The highest BCUT2D eigenvalue weighted by molar-refractivity contribution is 6.00. The number of benzene rings is 1. The molecule has 0 atom stereocenters. The number of unbranched alkanes of at least 4 members (excludes halogenated alkanes) is 2. The molecule has 0 radical (unpaired) electrons. The summed E-state index contributed by atoms with van der Waals surface area (Å²) in [5.74, 6) is -0.759. The van der Waals surface area contributed by atoms with E-state index in [2.05, 4.69) is 13.8 Å². The van der Waals surface area contributed by atoms with Crippen LogP contribution in [0.3, 0.4) is 0 Å². The molecule has 1 aliphatic carbocycles. The van der Waals surface area contributed by atoms with Gasteiger partial charge in [-0.2, -0.15) is 5.10 Å². The Hall–Kier alpha value is -3.00. The Balaban J connectivity index is 1.91. The van der Waals surface area contributed by atoms with Gasteiger partial charge in [0.15, 0.2) is 5.78 Å². The first kappa shape index (κ1) is 22.7. The minimum absolute atomic E-state index is 0.109. The van der Waals surface area contributed by atoms with Gasteiger partial charge in [0.1, 0.15) is 0 Å². The number of Topliss-reactive ketones (excluding diaryl/α,β-unsaturated/α-hetero) is 1. The van der Waals surface area contributed by atoms with Gasteiger partial charge in [-0.3, -0.25) is 19.6 Å². The van der Waals surface area contributed by atoms with Crippen molar-refractivity contribution in [1.82, 2.24) is 15.3 Å². The average molecular weight is 427 g/mol. The number of carbonyl (C=O) groups is 3. The molecule has 0 saturated carbocycles. The summed E-state index contributed by atoms with van der Waals surface area (Å²) in [7, 11) is 0. The molecule has 0 saturated heterocycles. The monoisotopic (exact) mass is 426 g/mol. The minimum atomic E-state index is -0.474. The number of carbonyl (C=O) groups excluding carboxylic acids is 3. The molecule has 4 N–H and O–H groups in total. The summed E-state index contributed by atoms with van der Waals surface area (Å²) in [6.07, 6.45) is 4.36. The largest absolute Gasteiger partial charge is 0.366 e. The number of amides is 2. The van der Waals surface area contributed by atoms with E-state index in [0.717, 1.165) is 41.9 Å². The number of rotatable bonds is 8. The van der Waals surface area contributed by atoms with Crippen LogP contribution in [0.15, 0.2) is 18.2 Å². The molecule has 8 heteroatoms. The lowest BCUT2D eigenvalue weighted by molar-refractivity contribution is -0.129. The van der Waals surface area contributed by atoms with Gasteiger partial charge >= 0.3 is 0 Å². The zero-order valence-electron chi connectivity index (χ0n) is 18.3. The van der Waals surface area contributed by atoms with Crippen LogP contribution in [0.2, 0.25) is 0 Å². The molecule has 1 aromatic heterocycles. The zero-order valence-corrected chi connectivity index (χ0v) is 18.3. The number of hydrogen-bond acceptors (Lipinski definition) is 5. The van der Waals surface area contributed by atoms with Crippen LogP contribution in [0.4, 0.5) is 0 Å². The highest BCUT2D eigenvalue weighted by Gasteiger charge is 2.36. The third-order valence-electron chi connectivity index (χ3n) is 5.78. The van der Waals surface area contributed by atoms with Gasteiger partial charge in [0, 0.05) is 18.4 Å². The number of hydrogen-bond donors (Lipinski definition) is 3. The van der Waals surface area contributed by atoms with E-state index in [1.165, 1.54) is 0 Å². The van der Waals surface area contributed by atoms with E-state index < -0.39 is 11.8 Å². The van der Waals surface area contributed by atoms with Crippen molar-refractivity contribution in [2.45, 2.75) is 65.7 Å². The molecule has 31 heavy (non-hydrogen) atoms. The summed E-state index contributed by atoms with van der Waals surface area (Å²) in [5, 5.41) is 13.4. The van der Waals surface area contributed by atoms with Crippen LogP contribution < -0.4 is 11.2 Å². The molecule has 0 fully saturated rings. The normalized spacial score (nSPS) is 14.9. The number of aryl methyl sites for hydroxylation is 2. The van der Waals surface area contributed by atoms with Crippen molar-refractivity contribution >= 4 is 17.6 Å². The van der Waals surface area contributed by atoms with E-state index in [9.17, 15) is 14.4 Å². The molecular formula is C23H30N4O4. The molecule has 0 unspecified atom stereocenters. The molecule has 1 heterocycles. The van der Waals surface area contributed by atoms with E-state index >= 15 is 0 Å². The van der Waals surface area contributed by atoms with Crippen LogP contribution in [0, 0.1) is 12.3 Å².